The van der Waals surface area contributed by atoms with Crippen molar-refractivity contribution < 1.29 is 13.2 Å². The molecule has 0 fully saturated rings. The van der Waals surface area contributed by atoms with Gasteiger partial charge in [0.05, 0.1) is 23.6 Å². The number of rotatable bonds is 1. The van der Waals surface area contributed by atoms with Crippen LogP contribution in [0.4, 0.5) is 13.2 Å². The molecule has 2 N–H and O–H groups in total. The summed E-state index contributed by atoms with van der Waals surface area (Å²) in [7, 11) is 0. The van der Waals surface area contributed by atoms with E-state index in [1.54, 1.807) is 0 Å². The number of fused-ring (bicyclic) bond motifs is 1. The lowest BCUT2D eigenvalue weighted by atomic mass is 10.3. The fourth-order valence-corrected chi connectivity index (χ4v) is 1.46. The second kappa shape index (κ2) is 3.52. The van der Waals surface area contributed by atoms with Gasteiger partial charge in [-0.3, -0.25) is 10.1 Å². The summed E-state index contributed by atoms with van der Waals surface area (Å²) in [5.41, 5.74) is 1.49. The zero-order valence-corrected chi connectivity index (χ0v) is 8.65. The van der Waals surface area contributed by atoms with E-state index in [2.05, 4.69) is 25.0 Å². The normalized spacial score (nSPS) is 12.2. The maximum absolute atomic E-state index is 12.3. The number of hydrogen-bond acceptors (Lipinski definition) is 4. The molecule has 0 aromatic carbocycles. The number of alkyl halides is 3. The number of pyridine rings is 1. The van der Waals surface area contributed by atoms with E-state index in [1.165, 1.54) is 18.6 Å². The minimum absolute atomic E-state index is 0.118. The maximum Gasteiger partial charge on any atom is 0.451 e. The van der Waals surface area contributed by atoms with Crippen molar-refractivity contribution in [3.8, 4) is 11.5 Å². The molecule has 0 amide bonds. The molecule has 0 aliphatic heterocycles. The van der Waals surface area contributed by atoms with Gasteiger partial charge in [-0.05, 0) is 6.07 Å². The first-order valence-corrected chi connectivity index (χ1v) is 4.83. The summed E-state index contributed by atoms with van der Waals surface area (Å²) < 4.78 is 37.0. The predicted octanol–water partition coefficient (Wildman–Crippen LogP) is 1.76. The number of nitrogens with zero attached hydrogens (tertiary/aromatic N) is 4. The van der Waals surface area contributed by atoms with Gasteiger partial charge in [0, 0.05) is 0 Å². The van der Waals surface area contributed by atoms with E-state index in [0.29, 0.717) is 11.0 Å². The average Bonchev–Trinajstić information content (AvgIpc) is 2.96. The van der Waals surface area contributed by atoms with Crippen LogP contribution >= 0.6 is 0 Å². The summed E-state index contributed by atoms with van der Waals surface area (Å²) in [6.07, 6.45) is -1.63. The Kier molecular flexibility index (Phi) is 2.09. The molecule has 0 unspecified atom stereocenters. The van der Waals surface area contributed by atoms with E-state index in [1.807, 2.05) is 5.10 Å². The number of halogens is 3. The molecule has 0 aliphatic carbocycles. The average molecular weight is 254 g/mol. The van der Waals surface area contributed by atoms with Crippen molar-refractivity contribution in [3.63, 3.8) is 0 Å². The molecule has 0 radical (unpaired) electrons. The molecule has 0 spiro atoms. The first-order valence-electron chi connectivity index (χ1n) is 4.83. The van der Waals surface area contributed by atoms with E-state index >= 15 is 0 Å². The third kappa shape index (κ3) is 1.69. The lowest BCUT2D eigenvalue weighted by molar-refractivity contribution is -0.144. The molecule has 0 bridgehead atoms. The monoisotopic (exact) mass is 254 g/mol. The van der Waals surface area contributed by atoms with Crippen LogP contribution in [0.2, 0.25) is 0 Å². The molecule has 6 nitrogen and oxygen atoms in total. The van der Waals surface area contributed by atoms with Crippen LogP contribution in [0.15, 0.2) is 18.6 Å². The van der Waals surface area contributed by atoms with Gasteiger partial charge in [0.15, 0.2) is 5.82 Å². The van der Waals surface area contributed by atoms with Gasteiger partial charge in [-0.1, -0.05) is 0 Å². The fraction of sp³-hybridized carbons (Fsp3) is 0.111. The third-order valence-corrected chi connectivity index (χ3v) is 2.29. The minimum atomic E-state index is -4.55. The van der Waals surface area contributed by atoms with E-state index in [4.69, 9.17) is 0 Å². The van der Waals surface area contributed by atoms with Crippen molar-refractivity contribution in [1.82, 2.24) is 30.1 Å². The van der Waals surface area contributed by atoms with Crippen LogP contribution < -0.4 is 0 Å². The van der Waals surface area contributed by atoms with E-state index in [-0.39, 0.29) is 11.5 Å². The highest BCUT2D eigenvalue weighted by Gasteiger charge is 2.35. The summed E-state index contributed by atoms with van der Waals surface area (Å²) in [6.45, 7) is 0. The SMILES string of the molecule is FC(F)(F)c1nc(-c2cc3nc[nH]c3cn2)n[nH]1. The van der Waals surface area contributed by atoms with Gasteiger partial charge in [-0.15, -0.1) is 0 Å². The molecule has 3 rings (SSSR count). The maximum atomic E-state index is 12.3. The van der Waals surface area contributed by atoms with Gasteiger partial charge in [-0.25, -0.2) is 9.97 Å². The van der Waals surface area contributed by atoms with Gasteiger partial charge in [0.1, 0.15) is 5.69 Å². The Morgan fingerprint density at radius 1 is 1.17 bits per heavy atom. The van der Waals surface area contributed by atoms with Crippen molar-refractivity contribution in [1.29, 1.82) is 0 Å². The summed E-state index contributed by atoms with van der Waals surface area (Å²) in [5.74, 6) is -1.27. The molecular formula is C9H5F3N6. The lowest BCUT2D eigenvalue weighted by Crippen LogP contribution is -2.07. The smallest absolute Gasteiger partial charge is 0.343 e. The summed E-state index contributed by atoms with van der Waals surface area (Å²) in [6, 6.07) is 1.51. The highest BCUT2D eigenvalue weighted by molar-refractivity contribution is 5.77. The van der Waals surface area contributed by atoms with Gasteiger partial charge < -0.3 is 4.98 Å². The Bertz CT molecular complexity index is 697. The molecule has 3 aromatic heterocycles. The zero-order chi connectivity index (χ0) is 12.8. The molecule has 0 saturated carbocycles. The molecule has 3 aromatic rings. The fourth-order valence-electron chi connectivity index (χ4n) is 1.46. The predicted molar refractivity (Wildman–Crippen MR) is 54.3 cm³/mol. The Balaban J connectivity index is 2.06. The molecule has 92 valence electrons. The van der Waals surface area contributed by atoms with E-state index in [9.17, 15) is 13.2 Å². The van der Waals surface area contributed by atoms with Crippen molar-refractivity contribution in [3.05, 3.63) is 24.4 Å². The molecule has 3 heterocycles. The summed E-state index contributed by atoms with van der Waals surface area (Å²) >= 11 is 0. The van der Waals surface area contributed by atoms with Crippen LogP contribution in [0.1, 0.15) is 5.82 Å². The van der Waals surface area contributed by atoms with Crippen molar-refractivity contribution in [2.75, 3.05) is 0 Å². The van der Waals surface area contributed by atoms with Crippen LogP contribution in [0, 0.1) is 0 Å². The highest BCUT2D eigenvalue weighted by atomic mass is 19.4. The zero-order valence-electron chi connectivity index (χ0n) is 8.65. The second-order valence-electron chi connectivity index (χ2n) is 3.49. The van der Waals surface area contributed by atoms with Crippen molar-refractivity contribution in [2.24, 2.45) is 0 Å². The number of imidazole rings is 1. The second-order valence-corrected chi connectivity index (χ2v) is 3.49. The first-order chi connectivity index (χ1) is 8.54. The topological polar surface area (TPSA) is 83.1 Å². The van der Waals surface area contributed by atoms with Crippen LogP contribution in [0.3, 0.4) is 0 Å². The molecule has 0 saturated heterocycles. The van der Waals surface area contributed by atoms with Gasteiger partial charge in [-0.2, -0.15) is 18.3 Å². The molecule has 0 aliphatic rings. The lowest BCUT2D eigenvalue weighted by Gasteiger charge is -1.98. The van der Waals surface area contributed by atoms with E-state index < -0.39 is 12.0 Å². The number of aromatic nitrogens is 6. The number of hydrogen-bond donors (Lipinski definition) is 2. The first kappa shape index (κ1) is 10.7. The number of H-pyrrole nitrogens is 2. The van der Waals surface area contributed by atoms with Crippen LogP contribution in [-0.4, -0.2) is 30.1 Å². The molecule has 9 heteroatoms. The van der Waals surface area contributed by atoms with Gasteiger partial charge in [0.2, 0.25) is 5.82 Å². The van der Waals surface area contributed by atoms with Crippen LogP contribution in [-0.2, 0) is 6.18 Å². The molecule has 18 heavy (non-hydrogen) atoms. The molecule has 0 atom stereocenters. The highest BCUT2D eigenvalue weighted by Crippen LogP contribution is 2.27. The third-order valence-electron chi connectivity index (χ3n) is 2.29. The molecular weight excluding hydrogens is 249 g/mol. The van der Waals surface area contributed by atoms with Gasteiger partial charge >= 0.3 is 6.18 Å². The van der Waals surface area contributed by atoms with Crippen LogP contribution in [0.5, 0.6) is 0 Å². The van der Waals surface area contributed by atoms with Crippen molar-refractivity contribution in [2.45, 2.75) is 6.18 Å². The summed E-state index contributed by atoms with van der Waals surface area (Å²) in [5, 5.41) is 5.32. The Morgan fingerprint density at radius 3 is 2.72 bits per heavy atom. The Morgan fingerprint density at radius 2 is 2.00 bits per heavy atom. The minimum Gasteiger partial charge on any atom is -0.343 e. The van der Waals surface area contributed by atoms with Crippen LogP contribution in [0.25, 0.3) is 22.6 Å². The standard InChI is InChI=1S/C9H5F3N6/c10-9(11,12)8-16-7(17-18-8)5-1-4-6(2-13-5)15-3-14-4/h1-3H,(H,14,15)(H,16,17,18). The number of aromatic amines is 2. The van der Waals surface area contributed by atoms with Crippen molar-refractivity contribution >= 4 is 11.0 Å². The largest absolute Gasteiger partial charge is 0.451 e. The van der Waals surface area contributed by atoms with Gasteiger partial charge in [0.25, 0.3) is 0 Å². The summed E-state index contributed by atoms with van der Waals surface area (Å²) in [4.78, 5) is 14.1. The Labute approximate surface area is 97.3 Å². The van der Waals surface area contributed by atoms with E-state index in [0.717, 1.165) is 0 Å². The Hall–Kier alpha value is -2.45. The number of nitrogens with one attached hydrogen (secondary N) is 2. The quantitative estimate of drug-likeness (QED) is 0.693.